The molecule has 1 aliphatic rings. The van der Waals surface area contributed by atoms with E-state index in [1.54, 1.807) is 0 Å². The molecule has 1 aliphatic heterocycles. The van der Waals surface area contributed by atoms with Crippen LogP contribution in [0.5, 0.6) is 0 Å². The monoisotopic (exact) mass is 777 g/mol. The third-order valence-corrected chi connectivity index (χ3v) is 17.2. The molecule has 0 saturated carbocycles. The van der Waals surface area contributed by atoms with Crippen LogP contribution in [0.15, 0.2) is 208 Å². The van der Waals surface area contributed by atoms with Gasteiger partial charge in [-0.05, 0) is 38.0 Å². The van der Waals surface area contributed by atoms with Crippen molar-refractivity contribution in [1.82, 2.24) is 0 Å². The molecule has 51 heavy (non-hydrogen) atoms. The van der Waals surface area contributed by atoms with Crippen LogP contribution in [0, 0.1) is 0 Å². The SMILES string of the molecule is C/C(=N\[Si](c1ccccc1)(c1ccccc1)c1ccccc1)C1=CCC(/C=N/[Si](c2ccccc2)(c2ccccc2)c2ccccc2)=N1.[Cl][Fe][Cl]. The summed E-state index contributed by atoms with van der Waals surface area (Å²) in [5.41, 5.74) is 2.81. The molecule has 0 amide bonds. The van der Waals surface area contributed by atoms with E-state index in [1.165, 1.54) is 31.1 Å². The van der Waals surface area contributed by atoms with Crippen molar-refractivity contribution >= 4 is 85.4 Å². The number of rotatable bonds is 10. The molecule has 6 aromatic carbocycles. The van der Waals surface area contributed by atoms with Crippen LogP contribution in [0.4, 0.5) is 0 Å². The zero-order valence-electron chi connectivity index (χ0n) is 28.1. The molecule has 0 spiro atoms. The van der Waals surface area contributed by atoms with Crippen LogP contribution in [-0.4, -0.2) is 34.1 Å². The maximum atomic E-state index is 5.73. The third-order valence-electron chi connectivity index (χ3n) is 9.03. The Morgan fingerprint density at radius 3 is 1.14 bits per heavy atom. The predicted octanol–water partition coefficient (Wildman–Crippen LogP) is 6.96. The molecule has 0 aromatic heterocycles. The van der Waals surface area contributed by atoms with Crippen molar-refractivity contribution < 1.29 is 13.1 Å². The van der Waals surface area contributed by atoms with Crippen LogP contribution >= 0.6 is 20.2 Å². The molecule has 3 nitrogen and oxygen atoms in total. The first kappa shape index (κ1) is 36.4. The molecule has 0 fully saturated rings. The van der Waals surface area contributed by atoms with Crippen molar-refractivity contribution in [2.75, 3.05) is 0 Å². The Labute approximate surface area is 318 Å². The van der Waals surface area contributed by atoms with E-state index in [9.17, 15) is 0 Å². The Bertz CT molecular complexity index is 1920. The maximum absolute atomic E-state index is 5.73. The average molecular weight is 779 g/mol. The summed E-state index contributed by atoms with van der Waals surface area (Å²) < 4.78 is 11.3. The summed E-state index contributed by atoms with van der Waals surface area (Å²) in [5, 5.41) is 7.47. The van der Waals surface area contributed by atoms with Gasteiger partial charge in [-0.2, -0.15) is 0 Å². The Balaban J connectivity index is 0.00000144. The van der Waals surface area contributed by atoms with Crippen molar-refractivity contribution in [3.63, 3.8) is 0 Å². The molecule has 1 heterocycles. The molecule has 0 aliphatic carbocycles. The van der Waals surface area contributed by atoms with Crippen molar-refractivity contribution in [3.05, 3.63) is 194 Å². The zero-order chi connectivity index (χ0) is 35.4. The van der Waals surface area contributed by atoms with Gasteiger partial charge in [0.05, 0.1) is 11.4 Å². The summed E-state index contributed by atoms with van der Waals surface area (Å²) >= 11 is 0.194. The quantitative estimate of drug-likeness (QED) is 0.0821. The summed E-state index contributed by atoms with van der Waals surface area (Å²) in [6, 6.07) is 64.6. The van der Waals surface area contributed by atoms with E-state index in [4.69, 9.17) is 34.5 Å². The van der Waals surface area contributed by atoms with Crippen molar-refractivity contribution in [2.45, 2.75) is 13.3 Å². The second-order valence-electron chi connectivity index (χ2n) is 12.0. The number of halogens is 2. The topological polar surface area (TPSA) is 37.1 Å². The van der Waals surface area contributed by atoms with Gasteiger partial charge in [-0.25, -0.2) is 0 Å². The van der Waals surface area contributed by atoms with Gasteiger partial charge in [-0.3, -0.25) is 4.99 Å². The first-order valence-electron chi connectivity index (χ1n) is 16.7. The van der Waals surface area contributed by atoms with E-state index in [1.807, 2.05) is 6.21 Å². The van der Waals surface area contributed by atoms with Crippen LogP contribution in [0.2, 0.25) is 0 Å². The molecular formula is C43H37Cl2FeN3Si2. The second-order valence-corrected chi connectivity index (χ2v) is 20.6. The van der Waals surface area contributed by atoms with Gasteiger partial charge in [0.25, 0.3) is 16.5 Å². The first-order chi connectivity index (χ1) is 25.1. The minimum atomic E-state index is -2.81. The van der Waals surface area contributed by atoms with Gasteiger partial charge in [-0.15, -0.1) is 0 Å². The fourth-order valence-electron chi connectivity index (χ4n) is 6.73. The fourth-order valence-corrected chi connectivity index (χ4v) is 14.6. The van der Waals surface area contributed by atoms with Crippen LogP contribution < -0.4 is 31.1 Å². The van der Waals surface area contributed by atoms with Crippen LogP contribution in [0.3, 0.4) is 0 Å². The Kier molecular flexibility index (Phi) is 12.6. The molecule has 0 bridgehead atoms. The zero-order valence-corrected chi connectivity index (χ0v) is 32.7. The van der Waals surface area contributed by atoms with Gasteiger partial charge in [0.2, 0.25) is 0 Å². The minimum absolute atomic E-state index is 0.194. The van der Waals surface area contributed by atoms with Gasteiger partial charge in [0, 0.05) is 18.3 Å². The predicted molar refractivity (Wildman–Crippen MR) is 221 cm³/mol. The Morgan fingerprint density at radius 2 is 0.824 bits per heavy atom. The van der Waals surface area contributed by atoms with Crippen molar-refractivity contribution in [3.8, 4) is 0 Å². The molecule has 0 unspecified atom stereocenters. The van der Waals surface area contributed by atoms with Gasteiger partial charge >= 0.3 is 33.3 Å². The van der Waals surface area contributed by atoms with Crippen molar-refractivity contribution in [2.24, 2.45) is 14.3 Å². The number of benzene rings is 6. The standard InChI is InChI=1S/C43H37N3Si2.2ClH.Fe/c1-35(46-48(40-26-14-5-15-27-40,41-28-16-6-17-29-41)42-30-18-7-19-31-42)43-33-32-36(45-43)34-44-47(37-20-8-2-9-21-37,38-22-10-3-11-23-38)39-24-12-4-13-25-39;;;/h2-31,33-34H,32H2,1H3;2*1H;/q;;;+2/p-2/b44-34+,46-35+;;;. The number of hydrogen-bond acceptors (Lipinski definition) is 3. The van der Waals surface area contributed by atoms with Gasteiger partial charge < -0.3 is 9.32 Å². The van der Waals surface area contributed by atoms with Crippen LogP contribution in [0.1, 0.15) is 13.3 Å². The van der Waals surface area contributed by atoms with Crippen LogP contribution in [-0.2, 0) is 13.1 Å². The molecule has 0 atom stereocenters. The third kappa shape index (κ3) is 8.08. The molecule has 7 rings (SSSR count). The molecular weight excluding hydrogens is 741 g/mol. The number of nitrogens with zero attached hydrogens (tertiary/aromatic N) is 3. The van der Waals surface area contributed by atoms with E-state index < -0.39 is 16.5 Å². The summed E-state index contributed by atoms with van der Waals surface area (Å²) in [4.78, 5) is 5.18. The van der Waals surface area contributed by atoms with Gasteiger partial charge in [0.15, 0.2) is 0 Å². The summed E-state index contributed by atoms with van der Waals surface area (Å²) in [7, 11) is 3.95. The van der Waals surface area contributed by atoms with Gasteiger partial charge in [-0.1, -0.05) is 188 Å². The summed E-state index contributed by atoms with van der Waals surface area (Å²) in [6.45, 7) is 2.11. The molecule has 8 heteroatoms. The molecule has 254 valence electrons. The van der Waals surface area contributed by atoms with Crippen LogP contribution in [0.25, 0.3) is 0 Å². The summed E-state index contributed by atoms with van der Waals surface area (Å²) in [5.74, 6) is 0. The molecule has 6 aromatic rings. The molecule has 0 saturated heterocycles. The number of aliphatic imine (C=N–C) groups is 1. The van der Waals surface area contributed by atoms with E-state index >= 15 is 0 Å². The van der Waals surface area contributed by atoms with E-state index in [2.05, 4.69) is 195 Å². The number of allylic oxidation sites excluding steroid dienone is 2. The van der Waals surface area contributed by atoms with E-state index in [0.29, 0.717) is 6.42 Å². The Hall–Kier alpha value is -4.40. The molecule has 0 N–H and O–H groups in total. The van der Waals surface area contributed by atoms with Crippen molar-refractivity contribution in [1.29, 1.82) is 0 Å². The average Bonchev–Trinajstić information content (AvgIpc) is 3.69. The summed E-state index contributed by atoms with van der Waals surface area (Å²) in [6.07, 6.45) is 4.95. The normalized spacial score (nSPS) is 13.4. The van der Waals surface area contributed by atoms with E-state index in [-0.39, 0.29) is 13.1 Å². The first-order valence-corrected chi connectivity index (χ1v) is 23.6. The van der Waals surface area contributed by atoms with Gasteiger partial charge in [0.1, 0.15) is 0 Å². The fraction of sp³-hybridized carbons (Fsp3) is 0.0465. The number of hydrogen-bond donors (Lipinski definition) is 0. The second kappa shape index (κ2) is 17.7. The molecule has 0 radical (unpaired) electrons. The van der Waals surface area contributed by atoms with E-state index in [0.717, 1.165) is 17.1 Å². The Morgan fingerprint density at radius 1 is 0.529 bits per heavy atom.